The highest BCUT2D eigenvalue weighted by molar-refractivity contribution is 6.01. The van der Waals surface area contributed by atoms with Gasteiger partial charge in [-0.25, -0.2) is 4.79 Å². The number of rotatable bonds is 4. The Bertz CT molecular complexity index is 956. The topological polar surface area (TPSA) is 101 Å². The Morgan fingerprint density at radius 2 is 1.92 bits per heavy atom. The summed E-state index contributed by atoms with van der Waals surface area (Å²) in [7, 11) is 0. The number of aromatic nitrogens is 2. The van der Waals surface area contributed by atoms with Crippen molar-refractivity contribution in [2.24, 2.45) is 0 Å². The number of benzene rings is 1. The molecule has 0 radical (unpaired) electrons. The molecule has 7 heteroatoms. The Morgan fingerprint density at radius 3 is 2.64 bits per heavy atom. The van der Waals surface area contributed by atoms with E-state index >= 15 is 0 Å². The molecule has 25 heavy (non-hydrogen) atoms. The van der Waals surface area contributed by atoms with E-state index in [2.05, 4.69) is 17.1 Å². The molecule has 4 rings (SSSR count). The smallest absolute Gasteiger partial charge is 0.330 e. The van der Waals surface area contributed by atoms with E-state index in [0.29, 0.717) is 6.54 Å². The van der Waals surface area contributed by atoms with Crippen molar-refractivity contribution in [2.75, 3.05) is 18.8 Å². The summed E-state index contributed by atoms with van der Waals surface area (Å²) in [6.45, 7) is 1.54. The molecule has 0 amide bonds. The van der Waals surface area contributed by atoms with Gasteiger partial charge in [0.25, 0.3) is 5.56 Å². The predicted molar refractivity (Wildman–Crippen MR) is 93.8 cm³/mol. The number of Topliss-reactive ketones (excluding diaryl/α,β-unsaturated/α-hetero) is 1. The molecule has 1 aliphatic heterocycles. The molecule has 2 heterocycles. The molecule has 0 bridgehead atoms. The highest BCUT2D eigenvalue weighted by atomic mass is 16.2. The van der Waals surface area contributed by atoms with Crippen molar-refractivity contribution < 1.29 is 4.79 Å². The number of nitrogens with one attached hydrogen (secondary N) is 1. The minimum Gasteiger partial charge on any atom is -0.384 e. The first-order valence-corrected chi connectivity index (χ1v) is 8.51. The number of nitrogens with two attached hydrogens (primary N) is 1. The van der Waals surface area contributed by atoms with Crippen LogP contribution in [0.15, 0.2) is 33.9 Å². The van der Waals surface area contributed by atoms with Crippen LogP contribution in [0.25, 0.3) is 0 Å². The van der Waals surface area contributed by atoms with Crippen LogP contribution >= 0.6 is 0 Å². The van der Waals surface area contributed by atoms with Crippen LogP contribution in [0.4, 0.5) is 5.82 Å². The van der Waals surface area contributed by atoms with Gasteiger partial charge in [-0.05, 0) is 30.4 Å². The number of hydrogen-bond donors (Lipinski definition) is 2. The summed E-state index contributed by atoms with van der Waals surface area (Å²) in [5, 5.41) is 0. The molecule has 2 aromatic rings. The van der Waals surface area contributed by atoms with Crippen LogP contribution in [-0.4, -0.2) is 33.3 Å². The number of nitrogen functional groups attached to an aromatic ring is 1. The van der Waals surface area contributed by atoms with E-state index in [-0.39, 0.29) is 29.8 Å². The van der Waals surface area contributed by atoms with E-state index < -0.39 is 11.2 Å². The molecule has 2 aliphatic rings. The molecule has 0 atom stereocenters. The fraction of sp³-hybridized carbons (Fsp3) is 0.389. The zero-order valence-corrected chi connectivity index (χ0v) is 13.8. The van der Waals surface area contributed by atoms with Gasteiger partial charge in [-0.15, -0.1) is 0 Å². The van der Waals surface area contributed by atoms with Crippen molar-refractivity contribution in [3.05, 3.63) is 61.8 Å². The Labute approximate surface area is 144 Å². The molecule has 0 unspecified atom stereocenters. The molecule has 7 nitrogen and oxygen atoms in total. The van der Waals surface area contributed by atoms with Gasteiger partial charge in [0, 0.05) is 19.1 Å². The molecular formula is C18H20N4O3. The molecule has 1 saturated carbocycles. The molecular weight excluding hydrogens is 320 g/mol. The lowest BCUT2D eigenvalue weighted by atomic mass is 9.99. The first kappa shape index (κ1) is 15.8. The van der Waals surface area contributed by atoms with Gasteiger partial charge in [0.1, 0.15) is 11.4 Å². The van der Waals surface area contributed by atoms with Gasteiger partial charge in [-0.1, -0.05) is 24.3 Å². The van der Waals surface area contributed by atoms with Crippen LogP contribution in [0.2, 0.25) is 0 Å². The second-order valence-corrected chi connectivity index (χ2v) is 6.77. The third kappa shape index (κ3) is 2.91. The highest BCUT2D eigenvalue weighted by Crippen LogP contribution is 2.35. The summed E-state index contributed by atoms with van der Waals surface area (Å²) in [6.07, 6.45) is 2.55. The van der Waals surface area contributed by atoms with E-state index in [1.807, 2.05) is 17.0 Å². The monoisotopic (exact) mass is 340 g/mol. The quantitative estimate of drug-likeness (QED) is 0.798. The van der Waals surface area contributed by atoms with Gasteiger partial charge in [0.2, 0.25) is 0 Å². The second kappa shape index (κ2) is 6.00. The maximum atomic E-state index is 12.7. The van der Waals surface area contributed by atoms with Gasteiger partial charge in [-0.2, -0.15) is 0 Å². The van der Waals surface area contributed by atoms with Crippen molar-refractivity contribution in [1.29, 1.82) is 0 Å². The van der Waals surface area contributed by atoms with Crippen molar-refractivity contribution >= 4 is 11.6 Å². The van der Waals surface area contributed by atoms with Gasteiger partial charge in [0.05, 0.1) is 6.54 Å². The van der Waals surface area contributed by atoms with Crippen molar-refractivity contribution in [3.8, 4) is 0 Å². The summed E-state index contributed by atoms with van der Waals surface area (Å²) < 4.78 is 1.35. The third-order valence-corrected chi connectivity index (χ3v) is 4.95. The number of H-pyrrole nitrogens is 1. The van der Waals surface area contributed by atoms with Gasteiger partial charge >= 0.3 is 5.69 Å². The molecule has 130 valence electrons. The van der Waals surface area contributed by atoms with Gasteiger partial charge < -0.3 is 5.73 Å². The number of anilines is 1. The Morgan fingerprint density at radius 1 is 1.20 bits per heavy atom. The number of carbonyl (C=O) groups is 1. The Balaban J connectivity index is 1.59. The number of fused-ring (bicyclic) bond motifs is 1. The maximum absolute atomic E-state index is 12.7. The van der Waals surface area contributed by atoms with Crippen molar-refractivity contribution in [1.82, 2.24) is 14.5 Å². The molecule has 1 aromatic carbocycles. The number of aromatic amines is 1. The third-order valence-electron chi connectivity index (χ3n) is 4.95. The fourth-order valence-corrected chi connectivity index (χ4v) is 3.50. The summed E-state index contributed by atoms with van der Waals surface area (Å²) in [5.74, 6) is -0.341. The summed E-state index contributed by atoms with van der Waals surface area (Å²) in [4.78, 5) is 41.1. The first-order chi connectivity index (χ1) is 12.0. The molecule has 1 aromatic heterocycles. The summed E-state index contributed by atoms with van der Waals surface area (Å²) in [5.41, 5.74) is 7.19. The normalized spacial score (nSPS) is 17.3. The average molecular weight is 340 g/mol. The average Bonchev–Trinajstić information content (AvgIpc) is 3.39. The van der Waals surface area contributed by atoms with Gasteiger partial charge in [0.15, 0.2) is 5.78 Å². The zero-order chi connectivity index (χ0) is 17.6. The van der Waals surface area contributed by atoms with E-state index in [9.17, 15) is 14.4 Å². The number of ketones is 1. The first-order valence-electron chi connectivity index (χ1n) is 8.51. The SMILES string of the molecule is Nc1c(C(=O)CN2CCc3ccccc3C2)c(=O)[nH]c(=O)n1C1CC1. The highest BCUT2D eigenvalue weighted by Gasteiger charge is 2.30. The molecule has 0 spiro atoms. The van der Waals surface area contributed by atoms with Crippen LogP contribution in [0.5, 0.6) is 0 Å². The van der Waals surface area contributed by atoms with Crippen LogP contribution in [0.3, 0.4) is 0 Å². The van der Waals surface area contributed by atoms with E-state index in [1.165, 1.54) is 15.7 Å². The molecule has 0 saturated heterocycles. The number of hydrogen-bond acceptors (Lipinski definition) is 5. The summed E-state index contributed by atoms with van der Waals surface area (Å²) in [6, 6.07) is 8.15. The number of nitrogens with zero attached hydrogens (tertiary/aromatic N) is 2. The fourth-order valence-electron chi connectivity index (χ4n) is 3.50. The minimum absolute atomic E-state index is 0.00124. The number of carbonyl (C=O) groups excluding carboxylic acids is 1. The van der Waals surface area contributed by atoms with Crippen LogP contribution < -0.4 is 17.0 Å². The van der Waals surface area contributed by atoms with Crippen molar-refractivity contribution in [3.63, 3.8) is 0 Å². The van der Waals surface area contributed by atoms with Crippen LogP contribution in [0.1, 0.15) is 40.4 Å². The lowest BCUT2D eigenvalue weighted by molar-refractivity contribution is 0.0920. The van der Waals surface area contributed by atoms with E-state index in [1.54, 1.807) is 0 Å². The molecule has 3 N–H and O–H groups in total. The largest absolute Gasteiger partial charge is 0.384 e. The van der Waals surface area contributed by atoms with Gasteiger partial charge in [-0.3, -0.25) is 24.0 Å². The second-order valence-electron chi connectivity index (χ2n) is 6.77. The summed E-state index contributed by atoms with van der Waals surface area (Å²) >= 11 is 0. The standard InChI is InChI=1S/C18H20N4O3/c19-16-15(17(24)20-18(25)22(16)13-5-6-13)14(23)10-21-8-7-11-3-1-2-4-12(11)9-21/h1-4,13H,5-10,19H2,(H,20,24,25). The minimum atomic E-state index is -0.693. The maximum Gasteiger partial charge on any atom is 0.330 e. The zero-order valence-electron chi connectivity index (χ0n) is 13.8. The molecule has 1 aliphatic carbocycles. The van der Waals surface area contributed by atoms with Crippen molar-refractivity contribution in [2.45, 2.75) is 31.8 Å². The van der Waals surface area contributed by atoms with E-state index in [4.69, 9.17) is 5.73 Å². The Kier molecular flexibility index (Phi) is 3.80. The van der Waals surface area contributed by atoms with E-state index in [0.717, 1.165) is 25.8 Å². The van der Waals surface area contributed by atoms with Crippen LogP contribution in [0, 0.1) is 0 Å². The lowest BCUT2D eigenvalue weighted by Crippen LogP contribution is -2.40. The lowest BCUT2D eigenvalue weighted by Gasteiger charge is -2.28. The van der Waals surface area contributed by atoms with Crippen LogP contribution in [-0.2, 0) is 13.0 Å². The Hall–Kier alpha value is -2.67. The predicted octanol–water partition coefficient (Wildman–Crippen LogP) is 0.695. The molecule has 1 fully saturated rings.